The van der Waals surface area contributed by atoms with Gasteiger partial charge in [-0.05, 0) is 43.7 Å². The topological polar surface area (TPSA) is 96.0 Å². The van der Waals surface area contributed by atoms with Crippen LogP contribution in [0.25, 0.3) is 0 Å². The molecule has 0 heterocycles. The van der Waals surface area contributed by atoms with E-state index in [2.05, 4.69) is 0 Å². The third-order valence-corrected chi connectivity index (χ3v) is 7.66. The van der Waals surface area contributed by atoms with Crippen molar-refractivity contribution in [1.29, 1.82) is 0 Å². The predicted octanol–water partition coefficient (Wildman–Crippen LogP) is 4.39. The molecule has 0 aromatic heterocycles. The number of hydrogen-bond donors (Lipinski definition) is 0. The fourth-order valence-corrected chi connectivity index (χ4v) is 4.86. The Labute approximate surface area is 201 Å². The summed E-state index contributed by atoms with van der Waals surface area (Å²) in [7, 11) is -7.94. The highest BCUT2D eigenvalue weighted by Gasteiger charge is 2.21. The summed E-state index contributed by atoms with van der Waals surface area (Å²) in [5.74, 6) is 0. The normalized spacial score (nSPS) is 13.0. The lowest BCUT2D eigenvalue weighted by Gasteiger charge is -2.18. The maximum Gasteiger partial charge on any atom is 0.297 e. The van der Waals surface area contributed by atoms with Crippen LogP contribution in [0.5, 0.6) is 0 Å². The molecule has 0 saturated carbocycles. The van der Waals surface area contributed by atoms with E-state index in [1.165, 1.54) is 24.3 Å². The Kier molecular flexibility index (Phi) is 8.98. The first-order valence-corrected chi connectivity index (χ1v) is 13.5. The number of benzene rings is 3. The van der Waals surface area contributed by atoms with Gasteiger partial charge < -0.3 is 4.74 Å². The van der Waals surface area contributed by atoms with Gasteiger partial charge in [0.1, 0.15) is 0 Å². The van der Waals surface area contributed by atoms with E-state index in [9.17, 15) is 16.8 Å². The lowest BCUT2D eigenvalue weighted by atomic mass is 10.2. The van der Waals surface area contributed by atoms with E-state index < -0.39 is 26.3 Å². The van der Waals surface area contributed by atoms with Crippen molar-refractivity contribution in [3.63, 3.8) is 0 Å². The molecule has 7 nitrogen and oxygen atoms in total. The van der Waals surface area contributed by atoms with Crippen LogP contribution in [-0.2, 0) is 39.9 Å². The van der Waals surface area contributed by atoms with Crippen molar-refractivity contribution >= 4 is 20.2 Å². The summed E-state index contributed by atoms with van der Waals surface area (Å²) < 4.78 is 66.2. The van der Waals surface area contributed by atoms with Crippen LogP contribution < -0.4 is 0 Å². The minimum Gasteiger partial charge on any atom is -0.371 e. The van der Waals surface area contributed by atoms with Crippen molar-refractivity contribution in [2.45, 2.75) is 42.8 Å². The molecule has 3 rings (SSSR count). The van der Waals surface area contributed by atoms with E-state index in [1.807, 2.05) is 44.2 Å². The molecule has 0 N–H and O–H groups in total. The van der Waals surface area contributed by atoms with E-state index in [4.69, 9.17) is 13.1 Å². The summed E-state index contributed by atoms with van der Waals surface area (Å²) in [6, 6.07) is 22.0. The molecule has 0 fully saturated rings. The van der Waals surface area contributed by atoms with Crippen LogP contribution in [-0.4, -0.2) is 36.2 Å². The molecule has 0 amide bonds. The van der Waals surface area contributed by atoms with Gasteiger partial charge in [0.05, 0.1) is 35.7 Å². The number of hydrogen-bond acceptors (Lipinski definition) is 7. The van der Waals surface area contributed by atoms with Crippen molar-refractivity contribution in [3.8, 4) is 0 Å². The SMILES string of the molecule is Cc1ccc(S(=O)(=O)OCC[C@@H](COS(=O)(=O)c2ccc(C)cc2)OCc2ccccc2)cc1. The summed E-state index contributed by atoms with van der Waals surface area (Å²) >= 11 is 0. The molecule has 0 saturated heterocycles. The largest absolute Gasteiger partial charge is 0.371 e. The first kappa shape index (κ1) is 26.1. The molecule has 0 bridgehead atoms. The number of aryl methyl sites for hydroxylation is 2. The van der Waals surface area contributed by atoms with Crippen LogP contribution in [0, 0.1) is 13.8 Å². The zero-order chi connectivity index (χ0) is 24.6. The standard InChI is InChI=1S/C25H28O7S2/c1-20-8-12-24(13-9-20)33(26,27)31-17-16-23(30-18-22-6-4-3-5-7-22)19-32-34(28,29)25-14-10-21(2)11-15-25/h3-15,23H,16-19H2,1-2H3/t23-/m0/s1. The van der Waals surface area contributed by atoms with Crippen LogP contribution in [0.1, 0.15) is 23.1 Å². The molecule has 0 radical (unpaired) electrons. The van der Waals surface area contributed by atoms with Crippen molar-refractivity contribution in [2.75, 3.05) is 13.2 Å². The Morgan fingerprint density at radius 1 is 0.676 bits per heavy atom. The van der Waals surface area contributed by atoms with Gasteiger partial charge in [-0.3, -0.25) is 8.37 Å². The van der Waals surface area contributed by atoms with E-state index in [0.717, 1.165) is 16.7 Å². The summed E-state index contributed by atoms with van der Waals surface area (Å²) in [4.78, 5) is 0.0937. The van der Waals surface area contributed by atoms with Gasteiger partial charge in [0.2, 0.25) is 0 Å². The van der Waals surface area contributed by atoms with Gasteiger partial charge in [0.15, 0.2) is 0 Å². The predicted molar refractivity (Wildman–Crippen MR) is 128 cm³/mol. The minimum atomic E-state index is -3.99. The Bertz CT molecular complexity index is 1250. The van der Waals surface area contributed by atoms with Gasteiger partial charge in [-0.15, -0.1) is 0 Å². The van der Waals surface area contributed by atoms with Crippen molar-refractivity contribution < 1.29 is 29.9 Å². The maximum atomic E-state index is 12.6. The second-order valence-electron chi connectivity index (χ2n) is 7.85. The van der Waals surface area contributed by atoms with Crippen LogP contribution in [0.15, 0.2) is 88.7 Å². The molecule has 182 valence electrons. The summed E-state index contributed by atoms with van der Waals surface area (Å²) in [6.45, 7) is 3.46. The highest BCUT2D eigenvalue weighted by Crippen LogP contribution is 2.17. The second-order valence-corrected chi connectivity index (χ2v) is 11.1. The Balaban J connectivity index is 1.63. The zero-order valence-corrected chi connectivity index (χ0v) is 20.7. The molecule has 0 aliphatic carbocycles. The quantitative estimate of drug-likeness (QED) is 0.338. The molecule has 34 heavy (non-hydrogen) atoms. The maximum absolute atomic E-state index is 12.6. The first-order valence-electron chi connectivity index (χ1n) is 10.7. The molecular weight excluding hydrogens is 476 g/mol. The molecule has 1 atom stereocenters. The highest BCUT2D eigenvalue weighted by atomic mass is 32.2. The van der Waals surface area contributed by atoms with Gasteiger partial charge in [-0.1, -0.05) is 65.7 Å². The minimum absolute atomic E-state index is 0.0399. The van der Waals surface area contributed by atoms with Crippen LogP contribution in [0.4, 0.5) is 0 Å². The fourth-order valence-electron chi connectivity index (χ4n) is 3.00. The monoisotopic (exact) mass is 504 g/mol. The van der Waals surface area contributed by atoms with Gasteiger partial charge in [-0.25, -0.2) is 0 Å². The summed E-state index contributed by atoms with van der Waals surface area (Å²) in [5, 5.41) is 0. The molecular formula is C25H28O7S2. The molecule has 0 aliphatic heterocycles. The molecule has 0 aliphatic rings. The number of ether oxygens (including phenoxy) is 1. The van der Waals surface area contributed by atoms with Gasteiger partial charge >= 0.3 is 0 Å². The lowest BCUT2D eigenvalue weighted by Crippen LogP contribution is -2.25. The van der Waals surface area contributed by atoms with Crippen LogP contribution >= 0.6 is 0 Å². The van der Waals surface area contributed by atoms with Crippen molar-refractivity contribution in [1.82, 2.24) is 0 Å². The van der Waals surface area contributed by atoms with Crippen molar-refractivity contribution in [2.24, 2.45) is 0 Å². The third kappa shape index (κ3) is 7.75. The molecule has 0 spiro atoms. The summed E-state index contributed by atoms with van der Waals surface area (Å²) in [5.41, 5.74) is 2.75. The van der Waals surface area contributed by atoms with Gasteiger partial charge in [-0.2, -0.15) is 16.8 Å². The molecule has 3 aromatic carbocycles. The Morgan fingerprint density at radius 3 is 1.71 bits per heavy atom. The summed E-state index contributed by atoms with van der Waals surface area (Å²) in [6.07, 6.45) is -0.602. The average molecular weight is 505 g/mol. The Morgan fingerprint density at radius 2 is 1.18 bits per heavy atom. The van der Waals surface area contributed by atoms with E-state index in [0.29, 0.717) is 0 Å². The fraction of sp³-hybridized carbons (Fsp3) is 0.280. The molecule has 3 aromatic rings. The van der Waals surface area contributed by atoms with E-state index in [-0.39, 0.29) is 36.0 Å². The lowest BCUT2D eigenvalue weighted by molar-refractivity contribution is -0.000509. The van der Waals surface area contributed by atoms with E-state index >= 15 is 0 Å². The van der Waals surface area contributed by atoms with Crippen LogP contribution in [0.2, 0.25) is 0 Å². The zero-order valence-electron chi connectivity index (χ0n) is 19.1. The first-order chi connectivity index (χ1) is 16.2. The average Bonchev–Trinajstić information content (AvgIpc) is 2.81. The van der Waals surface area contributed by atoms with Crippen molar-refractivity contribution in [3.05, 3.63) is 95.6 Å². The van der Waals surface area contributed by atoms with Crippen LogP contribution in [0.3, 0.4) is 0 Å². The number of rotatable bonds is 12. The Hall–Kier alpha value is -2.56. The van der Waals surface area contributed by atoms with Gasteiger partial charge in [0.25, 0.3) is 20.2 Å². The highest BCUT2D eigenvalue weighted by molar-refractivity contribution is 7.87. The smallest absolute Gasteiger partial charge is 0.297 e. The van der Waals surface area contributed by atoms with E-state index in [1.54, 1.807) is 24.3 Å². The molecule has 0 unspecified atom stereocenters. The molecule has 9 heteroatoms. The van der Waals surface area contributed by atoms with Gasteiger partial charge in [0, 0.05) is 6.42 Å². The third-order valence-electron chi connectivity index (χ3n) is 5.04. The second kappa shape index (κ2) is 11.7.